The van der Waals surface area contributed by atoms with Crippen LogP contribution in [0, 0.1) is 0 Å². The van der Waals surface area contributed by atoms with Gasteiger partial charge in [-0.15, -0.1) is 0 Å². The van der Waals surface area contributed by atoms with E-state index in [0.717, 1.165) is 11.1 Å². The van der Waals surface area contributed by atoms with Crippen LogP contribution in [0.5, 0.6) is 0 Å². The van der Waals surface area contributed by atoms with E-state index >= 15 is 0 Å². The zero-order valence-electron chi connectivity index (χ0n) is 26.8. The Labute approximate surface area is 264 Å². The first-order valence-corrected chi connectivity index (χ1v) is 14.9. The second-order valence-corrected chi connectivity index (χ2v) is 12.6. The Morgan fingerprint density at radius 2 is 1.09 bits per heavy atom. The number of amides is 4. The highest BCUT2D eigenvalue weighted by Gasteiger charge is 2.31. The first kappa shape index (κ1) is 36.6. The fraction of sp³-hybridized carbons (Fsp3) is 0.485. The van der Waals surface area contributed by atoms with Gasteiger partial charge in [0.2, 0.25) is 11.8 Å². The molecule has 3 atom stereocenters. The molecule has 0 aromatic heterocycles. The minimum Gasteiger partial charge on any atom is -0.480 e. The molecule has 0 heterocycles. The number of alkyl carbamates (subject to hydrolysis) is 2. The maximum absolute atomic E-state index is 13.6. The van der Waals surface area contributed by atoms with Crippen LogP contribution in [-0.4, -0.2) is 70.9 Å². The van der Waals surface area contributed by atoms with E-state index < -0.39 is 59.3 Å². The van der Waals surface area contributed by atoms with Gasteiger partial charge in [0.1, 0.15) is 29.3 Å². The lowest BCUT2D eigenvalue weighted by atomic mass is 10.0. The Hall–Kier alpha value is -4.61. The van der Waals surface area contributed by atoms with Crippen molar-refractivity contribution in [3.63, 3.8) is 0 Å². The molecule has 0 aliphatic rings. The van der Waals surface area contributed by atoms with Crippen LogP contribution in [0.2, 0.25) is 0 Å². The summed E-state index contributed by atoms with van der Waals surface area (Å²) in [4.78, 5) is 63.8. The number of hydrogen-bond acceptors (Lipinski definition) is 7. The second-order valence-electron chi connectivity index (χ2n) is 12.6. The molecule has 0 spiro atoms. The molecule has 2 rings (SSSR count). The van der Waals surface area contributed by atoms with E-state index in [-0.39, 0.29) is 32.2 Å². The molecule has 2 aromatic rings. The van der Waals surface area contributed by atoms with E-state index in [1.807, 2.05) is 6.07 Å². The number of nitrogens with one attached hydrogen (secondary N) is 4. The van der Waals surface area contributed by atoms with Crippen LogP contribution in [0.4, 0.5) is 9.59 Å². The number of benzene rings is 2. The third-order valence-corrected chi connectivity index (χ3v) is 6.16. The molecule has 246 valence electrons. The quantitative estimate of drug-likeness (QED) is 0.197. The molecule has 0 fully saturated rings. The molecule has 0 aliphatic carbocycles. The number of rotatable bonds is 14. The summed E-state index contributed by atoms with van der Waals surface area (Å²) < 4.78 is 10.6. The van der Waals surface area contributed by atoms with Crippen LogP contribution in [0.3, 0.4) is 0 Å². The first-order chi connectivity index (χ1) is 21.0. The van der Waals surface area contributed by atoms with E-state index in [0.29, 0.717) is 0 Å². The Bertz CT molecular complexity index is 1270. The molecule has 0 bridgehead atoms. The van der Waals surface area contributed by atoms with Gasteiger partial charge in [0.25, 0.3) is 0 Å². The van der Waals surface area contributed by atoms with Gasteiger partial charge in [0.15, 0.2) is 0 Å². The van der Waals surface area contributed by atoms with E-state index in [1.165, 1.54) is 0 Å². The maximum Gasteiger partial charge on any atom is 0.408 e. The first-order valence-electron chi connectivity index (χ1n) is 14.9. The lowest BCUT2D eigenvalue weighted by molar-refractivity contribution is -0.142. The smallest absolute Gasteiger partial charge is 0.408 e. The summed E-state index contributed by atoms with van der Waals surface area (Å²) in [5, 5.41) is 20.3. The summed E-state index contributed by atoms with van der Waals surface area (Å²) in [7, 11) is 0. The van der Waals surface area contributed by atoms with Crippen molar-refractivity contribution in [2.45, 2.75) is 96.6 Å². The zero-order chi connectivity index (χ0) is 33.6. The number of hydrogen-bond donors (Lipinski definition) is 5. The molecular weight excluding hydrogens is 580 g/mol. The van der Waals surface area contributed by atoms with Crippen molar-refractivity contribution in [1.82, 2.24) is 21.3 Å². The topological polar surface area (TPSA) is 172 Å². The van der Waals surface area contributed by atoms with Gasteiger partial charge in [-0.1, -0.05) is 60.7 Å². The second kappa shape index (κ2) is 17.0. The summed E-state index contributed by atoms with van der Waals surface area (Å²) in [5.74, 6) is -2.60. The summed E-state index contributed by atoms with van der Waals surface area (Å²) in [6.45, 7) is 10.4. The molecule has 2 aromatic carbocycles. The average Bonchev–Trinajstić information content (AvgIpc) is 2.93. The highest BCUT2D eigenvalue weighted by Crippen LogP contribution is 2.11. The van der Waals surface area contributed by atoms with E-state index in [9.17, 15) is 29.1 Å². The normalized spacial score (nSPS) is 13.4. The fourth-order valence-electron chi connectivity index (χ4n) is 4.18. The SMILES string of the molecule is CC(C)(C)OC(=O)NCCC[C@H](NC(=O)OC(C)(C)C)C(=O)N[C@@H](Cc1ccccc1)C(=O)N[C@@H](Cc1ccccc1)C(=O)O. The van der Waals surface area contributed by atoms with Gasteiger partial charge < -0.3 is 35.8 Å². The molecular formula is C33H46N4O8. The van der Waals surface area contributed by atoms with Gasteiger partial charge in [0, 0.05) is 19.4 Å². The molecule has 0 aliphatic heterocycles. The molecule has 45 heavy (non-hydrogen) atoms. The molecule has 12 nitrogen and oxygen atoms in total. The van der Waals surface area contributed by atoms with E-state index in [2.05, 4.69) is 21.3 Å². The van der Waals surface area contributed by atoms with Crippen LogP contribution in [0.25, 0.3) is 0 Å². The molecule has 12 heteroatoms. The van der Waals surface area contributed by atoms with E-state index in [4.69, 9.17) is 9.47 Å². The highest BCUT2D eigenvalue weighted by molar-refractivity contribution is 5.93. The van der Waals surface area contributed by atoms with Crippen LogP contribution in [-0.2, 0) is 36.7 Å². The summed E-state index contributed by atoms with van der Waals surface area (Å²) in [6.07, 6.45) is -0.975. The molecule has 5 N–H and O–H groups in total. The Balaban J connectivity index is 2.22. The number of carbonyl (C=O) groups is 5. The molecule has 0 radical (unpaired) electrons. The van der Waals surface area contributed by atoms with Crippen LogP contribution in [0.1, 0.15) is 65.5 Å². The van der Waals surface area contributed by atoms with Crippen molar-refractivity contribution in [1.29, 1.82) is 0 Å². The van der Waals surface area contributed by atoms with Gasteiger partial charge in [0.05, 0.1) is 0 Å². The lowest BCUT2D eigenvalue weighted by Crippen LogP contribution is -2.57. The van der Waals surface area contributed by atoms with Crippen molar-refractivity contribution < 1.29 is 38.6 Å². The largest absolute Gasteiger partial charge is 0.480 e. The van der Waals surface area contributed by atoms with Crippen molar-refractivity contribution in [3.8, 4) is 0 Å². The molecule has 4 amide bonds. The minimum absolute atomic E-state index is 0.0430. The zero-order valence-corrected chi connectivity index (χ0v) is 26.8. The molecule has 0 saturated heterocycles. The summed E-state index contributed by atoms with van der Waals surface area (Å²) >= 11 is 0. The average molecular weight is 627 g/mol. The van der Waals surface area contributed by atoms with Crippen LogP contribution >= 0.6 is 0 Å². The van der Waals surface area contributed by atoms with Gasteiger partial charge >= 0.3 is 18.2 Å². The third-order valence-electron chi connectivity index (χ3n) is 6.16. The highest BCUT2D eigenvalue weighted by atomic mass is 16.6. The van der Waals surface area contributed by atoms with Gasteiger partial charge in [-0.2, -0.15) is 0 Å². The predicted molar refractivity (Wildman–Crippen MR) is 168 cm³/mol. The lowest BCUT2D eigenvalue weighted by Gasteiger charge is -2.26. The van der Waals surface area contributed by atoms with Crippen molar-refractivity contribution in [3.05, 3.63) is 71.8 Å². The maximum atomic E-state index is 13.6. The minimum atomic E-state index is -1.25. The number of carbonyl (C=O) groups excluding carboxylic acids is 4. The van der Waals surface area contributed by atoms with Gasteiger partial charge in [-0.05, 0) is 65.5 Å². The standard InChI is InChI=1S/C33H46N4O8/c1-32(2,3)44-30(42)34-19-13-18-24(37-31(43)45-33(4,5)6)27(38)35-25(20-22-14-9-7-10-15-22)28(39)36-26(29(40)41)21-23-16-11-8-12-17-23/h7-12,14-17,24-26H,13,18-21H2,1-6H3,(H,34,42)(H,35,38)(H,36,39)(H,37,43)(H,40,41)/t24-,25-,26-/m0/s1. The number of carboxylic acids is 1. The van der Waals surface area contributed by atoms with E-state index in [1.54, 1.807) is 96.1 Å². The van der Waals surface area contributed by atoms with Crippen LogP contribution < -0.4 is 21.3 Å². The third kappa shape index (κ3) is 15.1. The monoisotopic (exact) mass is 626 g/mol. The molecule has 0 saturated carbocycles. The number of carboxylic acid groups (broad SMARTS) is 1. The summed E-state index contributed by atoms with van der Waals surface area (Å²) in [5.41, 5.74) is -0.0645. The van der Waals surface area contributed by atoms with Gasteiger partial charge in [-0.25, -0.2) is 14.4 Å². The fourth-order valence-corrected chi connectivity index (χ4v) is 4.18. The Morgan fingerprint density at radius 1 is 0.644 bits per heavy atom. The van der Waals surface area contributed by atoms with Crippen LogP contribution in [0.15, 0.2) is 60.7 Å². The van der Waals surface area contributed by atoms with Crippen molar-refractivity contribution in [2.75, 3.05) is 6.54 Å². The predicted octanol–water partition coefficient (Wildman–Crippen LogP) is 3.72. The Morgan fingerprint density at radius 3 is 1.58 bits per heavy atom. The Kier molecular flexibility index (Phi) is 13.8. The molecule has 0 unspecified atom stereocenters. The van der Waals surface area contributed by atoms with Crippen molar-refractivity contribution in [2.24, 2.45) is 0 Å². The summed E-state index contributed by atoms with van der Waals surface area (Å²) in [6, 6.07) is 14.3. The number of aliphatic carboxylic acids is 1. The van der Waals surface area contributed by atoms with Crippen molar-refractivity contribution >= 4 is 30.0 Å². The number of ether oxygens (including phenoxy) is 2. The van der Waals surface area contributed by atoms with Gasteiger partial charge in [-0.3, -0.25) is 9.59 Å².